The monoisotopic (exact) mass is 162 g/mol. The van der Waals surface area contributed by atoms with Gasteiger partial charge in [0, 0.05) is 0 Å². The second kappa shape index (κ2) is 2.61. The van der Waals surface area contributed by atoms with E-state index in [0.29, 0.717) is 0 Å². The lowest BCUT2D eigenvalue weighted by Gasteiger charge is -1.91. The third kappa shape index (κ3) is 1.41. The van der Waals surface area contributed by atoms with Gasteiger partial charge in [0.25, 0.3) is 0 Å². The Morgan fingerprint density at radius 1 is 1.80 bits per heavy atom. The van der Waals surface area contributed by atoms with Crippen molar-refractivity contribution in [2.75, 3.05) is 0 Å². The highest BCUT2D eigenvalue weighted by Gasteiger charge is 2.05. The molecule has 0 saturated carbocycles. The van der Waals surface area contributed by atoms with E-state index in [2.05, 4.69) is 15.5 Å². The van der Waals surface area contributed by atoms with Crippen LogP contribution >= 0.6 is 11.6 Å². The van der Waals surface area contributed by atoms with Crippen LogP contribution in [0.4, 0.5) is 0 Å². The van der Waals surface area contributed by atoms with E-state index in [9.17, 15) is 4.79 Å². The summed E-state index contributed by atoms with van der Waals surface area (Å²) in [6, 6.07) is 0. The molecule has 1 rings (SSSR count). The number of aromatic nitrogens is 4. The van der Waals surface area contributed by atoms with Crippen molar-refractivity contribution in [2.24, 2.45) is 0 Å². The predicted octanol–water partition coefficient (Wildman–Crippen LogP) is -0.589. The molecule has 0 saturated heterocycles. The highest BCUT2D eigenvalue weighted by molar-refractivity contribution is 6.28. The van der Waals surface area contributed by atoms with Gasteiger partial charge >= 0.3 is 5.97 Å². The molecule has 1 heterocycles. The van der Waals surface area contributed by atoms with Crippen molar-refractivity contribution in [1.82, 2.24) is 20.2 Å². The molecule has 1 N–H and O–H groups in total. The molecule has 10 heavy (non-hydrogen) atoms. The van der Waals surface area contributed by atoms with Gasteiger partial charge in [-0.15, -0.1) is 0 Å². The van der Waals surface area contributed by atoms with Crippen LogP contribution in [0, 0.1) is 0 Å². The summed E-state index contributed by atoms with van der Waals surface area (Å²) in [4.78, 5) is 10.0. The molecule has 0 aliphatic rings. The van der Waals surface area contributed by atoms with Gasteiger partial charge in [0.05, 0.1) is 0 Å². The third-order valence-electron chi connectivity index (χ3n) is 0.773. The highest BCUT2D eigenvalue weighted by Crippen LogP contribution is 1.98. The molecular weight excluding hydrogens is 160 g/mol. The molecule has 0 atom stereocenters. The first-order chi connectivity index (χ1) is 4.70. The Kier molecular flexibility index (Phi) is 1.81. The van der Waals surface area contributed by atoms with Crippen LogP contribution < -0.4 is 0 Å². The Morgan fingerprint density at radius 2 is 2.50 bits per heavy atom. The summed E-state index contributed by atoms with van der Waals surface area (Å²) < 4.78 is 0.976. The Morgan fingerprint density at radius 3 is 2.90 bits per heavy atom. The van der Waals surface area contributed by atoms with Gasteiger partial charge in [-0.05, 0) is 22.0 Å². The van der Waals surface area contributed by atoms with Crippen molar-refractivity contribution >= 4 is 17.6 Å². The first-order valence-electron chi connectivity index (χ1n) is 2.33. The molecule has 0 amide bonds. The molecule has 0 aliphatic heterocycles. The van der Waals surface area contributed by atoms with E-state index in [1.54, 1.807) is 0 Å². The van der Waals surface area contributed by atoms with Crippen LogP contribution in [0.1, 0.15) is 0 Å². The maximum absolute atomic E-state index is 10.0. The first-order valence-corrected chi connectivity index (χ1v) is 2.71. The van der Waals surface area contributed by atoms with Crippen molar-refractivity contribution in [1.29, 1.82) is 0 Å². The van der Waals surface area contributed by atoms with Gasteiger partial charge in [-0.1, -0.05) is 5.10 Å². The SMILES string of the molecule is O=C(O)Cn1nnnc1Cl. The van der Waals surface area contributed by atoms with Crippen LogP contribution in [-0.4, -0.2) is 31.3 Å². The van der Waals surface area contributed by atoms with Crippen LogP contribution in [0.25, 0.3) is 0 Å². The molecule has 6 nitrogen and oxygen atoms in total. The van der Waals surface area contributed by atoms with E-state index in [-0.39, 0.29) is 11.8 Å². The topological polar surface area (TPSA) is 80.9 Å². The van der Waals surface area contributed by atoms with E-state index in [4.69, 9.17) is 16.7 Å². The van der Waals surface area contributed by atoms with E-state index in [1.807, 2.05) is 0 Å². The molecule has 0 bridgehead atoms. The summed E-state index contributed by atoms with van der Waals surface area (Å²) in [7, 11) is 0. The van der Waals surface area contributed by atoms with Crippen molar-refractivity contribution in [3.05, 3.63) is 5.28 Å². The van der Waals surface area contributed by atoms with E-state index in [0.717, 1.165) is 4.68 Å². The second-order valence-corrected chi connectivity index (χ2v) is 1.84. The summed E-state index contributed by atoms with van der Waals surface area (Å²) in [5.41, 5.74) is 0. The molecule has 1 aromatic rings. The van der Waals surface area contributed by atoms with Gasteiger partial charge in [-0.3, -0.25) is 4.79 Å². The Hall–Kier alpha value is -1.17. The van der Waals surface area contributed by atoms with Crippen molar-refractivity contribution < 1.29 is 9.90 Å². The number of rotatable bonds is 2. The lowest BCUT2D eigenvalue weighted by atomic mass is 10.7. The van der Waals surface area contributed by atoms with Gasteiger partial charge in [-0.25, -0.2) is 4.68 Å². The largest absolute Gasteiger partial charge is 0.480 e. The standard InChI is InChI=1S/C3H3ClN4O2/c4-3-5-6-7-8(3)1-2(9)10/h1H2,(H,9,10). The van der Waals surface area contributed by atoms with E-state index >= 15 is 0 Å². The summed E-state index contributed by atoms with van der Waals surface area (Å²) in [5.74, 6) is -1.03. The maximum Gasteiger partial charge on any atom is 0.325 e. The third-order valence-corrected chi connectivity index (χ3v) is 1.04. The number of halogens is 1. The van der Waals surface area contributed by atoms with Crippen LogP contribution in [0.5, 0.6) is 0 Å². The summed E-state index contributed by atoms with van der Waals surface area (Å²) >= 11 is 5.35. The molecular formula is C3H3ClN4O2. The van der Waals surface area contributed by atoms with Gasteiger partial charge in [0.2, 0.25) is 5.28 Å². The molecule has 0 fully saturated rings. The minimum absolute atomic E-state index is 0.0256. The number of hydrogen-bond donors (Lipinski definition) is 1. The van der Waals surface area contributed by atoms with Gasteiger partial charge in [0.15, 0.2) is 0 Å². The fourth-order valence-electron chi connectivity index (χ4n) is 0.419. The van der Waals surface area contributed by atoms with Gasteiger partial charge in [-0.2, -0.15) is 0 Å². The minimum Gasteiger partial charge on any atom is -0.480 e. The Bertz CT molecular complexity index is 246. The van der Waals surface area contributed by atoms with E-state index in [1.165, 1.54) is 0 Å². The molecule has 0 aliphatic carbocycles. The molecule has 0 unspecified atom stereocenters. The smallest absolute Gasteiger partial charge is 0.325 e. The zero-order valence-electron chi connectivity index (χ0n) is 4.73. The number of aliphatic carboxylic acids is 1. The Labute approximate surface area is 60.4 Å². The zero-order valence-corrected chi connectivity index (χ0v) is 5.49. The molecule has 0 radical (unpaired) electrons. The average Bonchev–Trinajstić information content (AvgIpc) is 2.15. The molecule has 0 spiro atoms. The number of carbonyl (C=O) groups is 1. The van der Waals surface area contributed by atoms with Gasteiger partial charge in [0.1, 0.15) is 6.54 Å². The quantitative estimate of drug-likeness (QED) is 0.629. The maximum atomic E-state index is 10.0. The summed E-state index contributed by atoms with van der Waals surface area (Å²) in [6.07, 6.45) is 0. The van der Waals surface area contributed by atoms with Crippen LogP contribution in [0.2, 0.25) is 5.28 Å². The first kappa shape index (κ1) is 6.94. The lowest BCUT2D eigenvalue weighted by molar-refractivity contribution is -0.137. The van der Waals surface area contributed by atoms with Crippen LogP contribution in [0.3, 0.4) is 0 Å². The minimum atomic E-state index is -1.03. The number of tetrazole rings is 1. The van der Waals surface area contributed by atoms with Crippen molar-refractivity contribution in [3.63, 3.8) is 0 Å². The van der Waals surface area contributed by atoms with Crippen LogP contribution in [-0.2, 0) is 11.3 Å². The van der Waals surface area contributed by atoms with E-state index < -0.39 is 5.97 Å². The molecule has 7 heteroatoms. The molecule has 0 aromatic carbocycles. The number of carboxylic acids is 1. The van der Waals surface area contributed by atoms with Crippen molar-refractivity contribution in [2.45, 2.75) is 6.54 Å². The lowest BCUT2D eigenvalue weighted by Crippen LogP contribution is -2.10. The number of carboxylic acid groups (broad SMARTS) is 1. The summed E-state index contributed by atoms with van der Waals surface area (Å²) in [5, 5.41) is 17.9. The number of hydrogen-bond acceptors (Lipinski definition) is 4. The molecule has 54 valence electrons. The fraction of sp³-hybridized carbons (Fsp3) is 0.333. The zero-order chi connectivity index (χ0) is 7.56. The number of nitrogens with zero attached hydrogens (tertiary/aromatic N) is 4. The highest BCUT2D eigenvalue weighted by atomic mass is 35.5. The second-order valence-electron chi connectivity index (χ2n) is 1.50. The fourth-order valence-corrected chi connectivity index (χ4v) is 0.546. The van der Waals surface area contributed by atoms with Gasteiger partial charge < -0.3 is 5.11 Å². The Balaban J connectivity index is 2.74. The van der Waals surface area contributed by atoms with Crippen molar-refractivity contribution in [3.8, 4) is 0 Å². The predicted molar refractivity (Wildman–Crippen MR) is 30.5 cm³/mol. The molecule has 1 aromatic heterocycles. The average molecular weight is 163 g/mol. The van der Waals surface area contributed by atoms with Crippen LogP contribution in [0.15, 0.2) is 0 Å². The summed E-state index contributed by atoms with van der Waals surface area (Å²) in [6.45, 7) is -0.314. The normalized spacial score (nSPS) is 9.70.